The van der Waals surface area contributed by atoms with E-state index in [-0.39, 0.29) is 5.97 Å². The van der Waals surface area contributed by atoms with Crippen LogP contribution in [-0.4, -0.2) is 22.1 Å². The molecule has 0 atom stereocenters. The molecule has 0 spiro atoms. The van der Waals surface area contributed by atoms with Crippen LogP contribution in [0.3, 0.4) is 0 Å². The number of carbonyl (C=O) groups excluding carboxylic acids is 1. The number of hydrogen-bond donors (Lipinski definition) is 1. The average molecular weight is 233 g/mol. The van der Waals surface area contributed by atoms with Crippen LogP contribution in [0.15, 0.2) is 18.2 Å². The highest BCUT2D eigenvalue weighted by molar-refractivity contribution is 5.79. The maximum absolute atomic E-state index is 10.7. The highest BCUT2D eigenvalue weighted by Gasteiger charge is 2.07. The molecule has 17 heavy (non-hydrogen) atoms. The summed E-state index contributed by atoms with van der Waals surface area (Å²) in [5, 5.41) is 0. The third kappa shape index (κ3) is 2.38. The van der Waals surface area contributed by atoms with E-state index in [1.165, 1.54) is 6.92 Å². The molecule has 0 fully saturated rings. The van der Waals surface area contributed by atoms with Crippen LogP contribution in [0.2, 0.25) is 0 Å². The van der Waals surface area contributed by atoms with Gasteiger partial charge in [-0.05, 0) is 25.1 Å². The van der Waals surface area contributed by atoms with Crippen molar-refractivity contribution in [1.82, 2.24) is 9.55 Å². The monoisotopic (exact) mass is 233 g/mol. The van der Waals surface area contributed by atoms with Crippen molar-refractivity contribution < 1.29 is 9.53 Å². The van der Waals surface area contributed by atoms with Crippen molar-refractivity contribution in [2.24, 2.45) is 0 Å². The third-order valence-electron chi connectivity index (χ3n) is 2.58. The number of anilines is 1. The van der Waals surface area contributed by atoms with Crippen molar-refractivity contribution in [1.29, 1.82) is 0 Å². The predicted octanol–water partition coefficient (Wildman–Crippen LogP) is 1.49. The summed E-state index contributed by atoms with van der Waals surface area (Å²) < 4.78 is 6.94. The van der Waals surface area contributed by atoms with E-state index in [1.54, 1.807) is 0 Å². The van der Waals surface area contributed by atoms with Gasteiger partial charge in [0.1, 0.15) is 12.4 Å². The molecule has 0 amide bonds. The molecule has 0 aliphatic heterocycles. The number of rotatable bonds is 3. The molecule has 0 aliphatic carbocycles. The summed E-state index contributed by atoms with van der Waals surface area (Å²) in [5.74, 6) is 0.620. The number of hydrogen-bond acceptors (Lipinski definition) is 4. The Balaban J connectivity index is 2.27. The lowest BCUT2D eigenvalue weighted by molar-refractivity contribution is -0.141. The minimum Gasteiger partial charge on any atom is -0.464 e. The smallest absolute Gasteiger partial charge is 0.302 e. The van der Waals surface area contributed by atoms with Crippen LogP contribution in [-0.2, 0) is 16.1 Å². The van der Waals surface area contributed by atoms with Gasteiger partial charge in [0.25, 0.3) is 0 Å². The van der Waals surface area contributed by atoms with Crippen molar-refractivity contribution in [3.8, 4) is 0 Å². The van der Waals surface area contributed by atoms with Gasteiger partial charge >= 0.3 is 5.97 Å². The molecule has 1 aromatic carbocycles. The summed E-state index contributed by atoms with van der Waals surface area (Å²) in [5.41, 5.74) is 8.27. The number of nitrogen functional groups attached to an aromatic ring is 1. The standard InChI is InChI=1S/C12H15N3O2/c1-8-14-11-7-10(13)3-4-12(11)15(8)5-6-17-9(2)16/h3-4,7H,5-6,13H2,1-2H3. The lowest BCUT2D eigenvalue weighted by atomic mass is 10.3. The van der Waals surface area contributed by atoms with E-state index in [0.29, 0.717) is 18.8 Å². The molecule has 1 heterocycles. The van der Waals surface area contributed by atoms with Crippen molar-refractivity contribution in [2.75, 3.05) is 12.3 Å². The van der Waals surface area contributed by atoms with E-state index < -0.39 is 0 Å². The van der Waals surface area contributed by atoms with E-state index in [0.717, 1.165) is 16.9 Å². The summed E-state index contributed by atoms with van der Waals surface area (Å²) in [4.78, 5) is 15.1. The van der Waals surface area contributed by atoms with Gasteiger partial charge in [-0.2, -0.15) is 0 Å². The van der Waals surface area contributed by atoms with Gasteiger partial charge in [-0.25, -0.2) is 4.98 Å². The fraction of sp³-hybridized carbons (Fsp3) is 0.333. The zero-order chi connectivity index (χ0) is 12.4. The fourth-order valence-corrected chi connectivity index (χ4v) is 1.83. The van der Waals surface area contributed by atoms with Gasteiger partial charge in [0.2, 0.25) is 0 Å². The molecule has 90 valence electrons. The van der Waals surface area contributed by atoms with Gasteiger partial charge in [0, 0.05) is 12.6 Å². The molecule has 1 aromatic heterocycles. The molecule has 0 unspecified atom stereocenters. The van der Waals surface area contributed by atoms with E-state index in [2.05, 4.69) is 4.98 Å². The molecular weight excluding hydrogens is 218 g/mol. The van der Waals surface area contributed by atoms with Gasteiger partial charge in [0.05, 0.1) is 17.6 Å². The zero-order valence-electron chi connectivity index (χ0n) is 9.93. The van der Waals surface area contributed by atoms with Crippen LogP contribution in [0.4, 0.5) is 5.69 Å². The molecular formula is C12H15N3O2. The maximum Gasteiger partial charge on any atom is 0.302 e. The minimum atomic E-state index is -0.267. The molecule has 0 aliphatic rings. The highest BCUT2D eigenvalue weighted by atomic mass is 16.5. The SMILES string of the molecule is CC(=O)OCCn1c(C)nc2cc(N)ccc21. The van der Waals surface area contributed by atoms with Crippen molar-refractivity contribution in [2.45, 2.75) is 20.4 Å². The van der Waals surface area contributed by atoms with Crippen molar-refractivity contribution >= 4 is 22.7 Å². The van der Waals surface area contributed by atoms with Gasteiger partial charge in [0.15, 0.2) is 0 Å². The Morgan fingerprint density at radius 3 is 3.00 bits per heavy atom. The average Bonchev–Trinajstić information content (AvgIpc) is 2.54. The number of esters is 1. The summed E-state index contributed by atoms with van der Waals surface area (Å²) in [6, 6.07) is 5.61. The van der Waals surface area contributed by atoms with Gasteiger partial charge in [-0.3, -0.25) is 4.79 Å². The fourth-order valence-electron chi connectivity index (χ4n) is 1.83. The number of fused-ring (bicyclic) bond motifs is 1. The second kappa shape index (κ2) is 4.45. The van der Waals surface area contributed by atoms with Gasteiger partial charge < -0.3 is 15.0 Å². The quantitative estimate of drug-likeness (QED) is 0.644. The lowest BCUT2D eigenvalue weighted by Crippen LogP contribution is -2.09. The molecule has 0 radical (unpaired) electrons. The van der Waals surface area contributed by atoms with E-state index in [1.807, 2.05) is 29.7 Å². The summed E-state index contributed by atoms with van der Waals surface area (Å²) in [6.07, 6.45) is 0. The first-order valence-corrected chi connectivity index (χ1v) is 5.43. The molecule has 5 heteroatoms. The Kier molecular flexibility index (Phi) is 2.99. The normalized spacial score (nSPS) is 10.7. The summed E-state index contributed by atoms with van der Waals surface area (Å²) in [6.45, 7) is 4.28. The lowest BCUT2D eigenvalue weighted by Gasteiger charge is -2.06. The Hall–Kier alpha value is -2.04. The maximum atomic E-state index is 10.7. The van der Waals surface area contributed by atoms with Crippen molar-refractivity contribution in [3.63, 3.8) is 0 Å². The van der Waals surface area contributed by atoms with E-state index >= 15 is 0 Å². The van der Waals surface area contributed by atoms with Crippen LogP contribution < -0.4 is 5.73 Å². The number of aryl methyl sites for hydroxylation is 1. The Labute approximate surface area is 99.2 Å². The number of benzene rings is 1. The number of aromatic nitrogens is 2. The first kappa shape index (κ1) is 11.4. The van der Waals surface area contributed by atoms with Crippen LogP contribution >= 0.6 is 0 Å². The molecule has 0 saturated carbocycles. The van der Waals surface area contributed by atoms with Crippen LogP contribution in [0.1, 0.15) is 12.7 Å². The zero-order valence-corrected chi connectivity index (χ0v) is 9.93. The number of ether oxygens (including phenoxy) is 1. The van der Waals surface area contributed by atoms with Gasteiger partial charge in [-0.15, -0.1) is 0 Å². The largest absolute Gasteiger partial charge is 0.464 e. The Morgan fingerprint density at radius 1 is 1.53 bits per heavy atom. The number of imidazole rings is 1. The third-order valence-corrected chi connectivity index (χ3v) is 2.58. The highest BCUT2D eigenvalue weighted by Crippen LogP contribution is 2.18. The minimum absolute atomic E-state index is 0.267. The number of carbonyl (C=O) groups is 1. The first-order valence-electron chi connectivity index (χ1n) is 5.43. The summed E-state index contributed by atoms with van der Waals surface area (Å²) in [7, 11) is 0. The molecule has 0 saturated heterocycles. The predicted molar refractivity (Wildman–Crippen MR) is 65.5 cm³/mol. The molecule has 2 aromatic rings. The Bertz CT molecular complexity index is 560. The van der Waals surface area contributed by atoms with Crippen LogP contribution in [0, 0.1) is 6.92 Å². The van der Waals surface area contributed by atoms with E-state index in [4.69, 9.17) is 10.5 Å². The van der Waals surface area contributed by atoms with Crippen LogP contribution in [0.25, 0.3) is 11.0 Å². The van der Waals surface area contributed by atoms with Gasteiger partial charge in [-0.1, -0.05) is 0 Å². The number of nitrogens with zero attached hydrogens (tertiary/aromatic N) is 2. The molecule has 0 bridgehead atoms. The van der Waals surface area contributed by atoms with E-state index in [9.17, 15) is 4.79 Å². The van der Waals surface area contributed by atoms with Crippen LogP contribution in [0.5, 0.6) is 0 Å². The summed E-state index contributed by atoms with van der Waals surface area (Å²) >= 11 is 0. The van der Waals surface area contributed by atoms with Crippen molar-refractivity contribution in [3.05, 3.63) is 24.0 Å². The Morgan fingerprint density at radius 2 is 2.29 bits per heavy atom. The molecule has 2 N–H and O–H groups in total. The molecule has 5 nitrogen and oxygen atoms in total. The molecule has 2 rings (SSSR count). The first-order chi connectivity index (χ1) is 8.08. The number of nitrogens with two attached hydrogens (primary N) is 1. The second-order valence-corrected chi connectivity index (χ2v) is 3.90. The topological polar surface area (TPSA) is 70.1 Å². The second-order valence-electron chi connectivity index (χ2n) is 3.90.